The molecule has 0 aromatic heterocycles. The van der Waals surface area contributed by atoms with Crippen LogP contribution in [0.5, 0.6) is 5.75 Å². The van der Waals surface area contributed by atoms with E-state index in [1.54, 1.807) is 0 Å². The second-order valence-electron chi connectivity index (χ2n) is 4.74. The summed E-state index contributed by atoms with van der Waals surface area (Å²) in [6.45, 7) is 0.373. The molecule has 1 heterocycles. The monoisotopic (exact) mass is 277 g/mol. The van der Waals surface area contributed by atoms with E-state index >= 15 is 0 Å². The van der Waals surface area contributed by atoms with Gasteiger partial charge in [-0.05, 0) is 29.3 Å². The van der Waals surface area contributed by atoms with E-state index in [2.05, 4.69) is 4.72 Å². The molecule has 1 N–H and O–H groups in total. The fourth-order valence-corrected chi connectivity index (χ4v) is 3.65. The quantitative estimate of drug-likeness (QED) is 0.932. The van der Waals surface area contributed by atoms with Crippen molar-refractivity contribution in [3.63, 3.8) is 0 Å². The van der Waals surface area contributed by atoms with Crippen LogP contribution < -0.4 is 9.46 Å². The van der Waals surface area contributed by atoms with E-state index in [-0.39, 0.29) is 11.8 Å². The zero-order valence-corrected chi connectivity index (χ0v) is 11.2. The van der Waals surface area contributed by atoms with Crippen molar-refractivity contribution in [2.24, 2.45) is 0 Å². The first-order chi connectivity index (χ1) is 9.12. The van der Waals surface area contributed by atoms with Crippen molar-refractivity contribution in [1.29, 1.82) is 0 Å². The average molecular weight is 277 g/mol. The lowest BCUT2D eigenvalue weighted by molar-refractivity contribution is 0.282. The average Bonchev–Trinajstić information content (AvgIpc) is 2.76. The van der Waals surface area contributed by atoms with Crippen molar-refractivity contribution in [1.82, 2.24) is 4.72 Å². The Labute approximate surface area is 112 Å². The predicted molar refractivity (Wildman–Crippen MR) is 74.8 cm³/mol. The van der Waals surface area contributed by atoms with Gasteiger partial charge in [0.25, 0.3) is 0 Å². The van der Waals surface area contributed by atoms with Crippen LogP contribution in [0.4, 0.5) is 0 Å². The predicted octanol–water partition coefficient (Wildman–Crippen LogP) is 1.91. The highest BCUT2D eigenvalue weighted by molar-refractivity contribution is 7.89. The number of hydrogen-bond acceptors (Lipinski definition) is 3. The summed E-state index contributed by atoms with van der Waals surface area (Å²) in [5.41, 5.74) is 0. The molecule has 1 fully saturated rings. The first-order valence-corrected chi connectivity index (χ1v) is 7.89. The summed E-state index contributed by atoms with van der Waals surface area (Å²) in [5, 5.41) is 2.28. The van der Waals surface area contributed by atoms with Gasteiger partial charge >= 0.3 is 0 Å². The number of nitrogens with one attached hydrogen (secondary N) is 1. The van der Waals surface area contributed by atoms with E-state index in [0.29, 0.717) is 13.0 Å². The van der Waals surface area contributed by atoms with E-state index < -0.39 is 10.0 Å². The Morgan fingerprint density at radius 2 is 1.95 bits per heavy atom. The Bertz CT molecular complexity index is 697. The molecular weight excluding hydrogens is 262 g/mol. The van der Waals surface area contributed by atoms with E-state index in [0.717, 1.165) is 16.5 Å². The molecule has 0 saturated carbocycles. The van der Waals surface area contributed by atoms with Gasteiger partial charge in [-0.3, -0.25) is 0 Å². The molecule has 1 saturated heterocycles. The van der Waals surface area contributed by atoms with Crippen LogP contribution in [0.25, 0.3) is 10.8 Å². The number of sulfonamides is 1. The summed E-state index contributed by atoms with van der Waals surface area (Å²) in [5.74, 6) is 0.962. The Morgan fingerprint density at radius 3 is 2.68 bits per heavy atom. The molecule has 2 aromatic carbocycles. The maximum Gasteiger partial charge on any atom is 0.212 e. The maximum atomic E-state index is 11.3. The summed E-state index contributed by atoms with van der Waals surface area (Å²) < 4.78 is 30.8. The molecular formula is C14H15NO3S. The van der Waals surface area contributed by atoms with Crippen molar-refractivity contribution >= 4 is 20.8 Å². The molecule has 0 spiro atoms. The van der Waals surface area contributed by atoms with Crippen LogP contribution in [-0.4, -0.2) is 26.8 Å². The topological polar surface area (TPSA) is 55.4 Å². The van der Waals surface area contributed by atoms with Crippen molar-refractivity contribution in [2.45, 2.75) is 12.5 Å². The molecule has 0 aliphatic carbocycles. The van der Waals surface area contributed by atoms with Crippen LogP contribution in [-0.2, 0) is 10.0 Å². The highest BCUT2D eigenvalue weighted by atomic mass is 32.2. The lowest BCUT2D eigenvalue weighted by Gasteiger charge is -2.11. The Kier molecular flexibility index (Phi) is 3.16. The van der Waals surface area contributed by atoms with Gasteiger partial charge in [0, 0.05) is 0 Å². The van der Waals surface area contributed by atoms with Gasteiger partial charge in [0.15, 0.2) is 0 Å². The third-order valence-electron chi connectivity index (χ3n) is 3.25. The normalized spacial score (nSPS) is 21.6. The third kappa shape index (κ3) is 2.88. The summed E-state index contributed by atoms with van der Waals surface area (Å²) in [7, 11) is -3.06. The molecule has 0 unspecified atom stereocenters. The lowest BCUT2D eigenvalue weighted by atomic mass is 10.1. The van der Waals surface area contributed by atoms with Crippen molar-refractivity contribution in [3.8, 4) is 5.75 Å². The van der Waals surface area contributed by atoms with E-state index in [9.17, 15) is 8.42 Å². The molecule has 2 aromatic rings. The molecule has 19 heavy (non-hydrogen) atoms. The van der Waals surface area contributed by atoms with Gasteiger partial charge in [0.05, 0.1) is 11.8 Å². The number of ether oxygens (including phenoxy) is 1. The minimum Gasteiger partial charge on any atom is -0.492 e. The Morgan fingerprint density at radius 1 is 1.16 bits per heavy atom. The highest BCUT2D eigenvalue weighted by Crippen LogP contribution is 2.21. The zero-order chi connectivity index (χ0) is 13.3. The van der Waals surface area contributed by atoms with Crippen molar-refractivity contribution in [2.75, 3.05) is 12.4 Å². The zero-order valence-electron chi connectivity index (χ0n) is 10.4. The number of rotatable bonds is 3. The molecule has 3 rings (SSSR count). The van der Waals surface area contributed by atoms with Gasteiger partial charge in [-0.15, -0.1) is 0 Å². The maximum absolute atomic E-state index is 11.3. The first kappa shape index (κ1) is 12.4. The van der Waals surface area contributed by atoms with Crippen molar-refractivity contribution < 1.29 is 13.2 Å². The standard InChI is InChI=1S/C14H15NO3S/c16-19(17)8-7-13(15-19)10-18-14-6-5-11-3-1-2-4-12(11)9-14/h1-6,9,13,15H,7-8,10H2/t13-/m1/s1. The largest absolute Gasteiger partial charge is 0.492 e. The van der Waals surface area contributed by atoms with Crippen molar-refractivity contribution in [3.05, 3.63) is 42.5 Å². The fraction of sp³-hybridized carbons (Fsp3) is 0.286. The molecule has 100 valence electrons. The van der Waals surface area contributed by atoms with Gasteiger partial charge in [0.2, 0.25) is 10.0 Å². The number of hydrogen-bond donors (Lipinski definition) is 1. The van der Waals surface area contributed by atoms with Gasteiger partial charge < -0.3 is 4.74 Å². The number of fused-ring (bicyclic) bond motifs is 1. The second-order valence-corrected chi connectivity index (χ2v) is 6.62. The lowest BCUT2D eigenvalue weighted by Crippen LogP contribution is -2.30. The third-order valence-corrected chi connectivity index (χ3v) is 4.72. The van der Waals surface area contributed by atoms with Gasteiger partial charge in [-0.1, -0.05) is 30.3 Å². The smallest absolute Gasteiger partial charge is 0.212 e. The minimum atomic E-state index is -3.06. The van der Waals surface area contributed by atoms with Gasteiger partial charge in [-0.2, -0.15) is 0 Å². The summed E-state index contributed by atoms with van der Waals surface area (Å²) in [4.78, 5) is 0. The molecule has 5 heteroatoms. The number of benzene rings is 2. The highest BCUT2D eigenvalue weighted by Gasteiger charge is 2.26. The van der Waals surface area contributed by atoms with Crippen LogP contribution in [0.3, 0.4) is 0 Å². The van der Waals surface area contributed by atoms with Crippen LogP contribution in [0.2, 0.25) is 0 Å². The minimum absolute atomic E-state index is 0.114. The van der Waals surface area contributed by atoms with Crippen LogP contribution in [0, 0.1) is 0 Å². The molecule has 0 bridgehead atoms. The summed E-state index contributed by atoms with van der Waals surface area (Å²) in [6.07, 6.45) is 0.607. The van der Waals surface area contributed by atoms with Gasteiger partial charge in [0.1, 0.15) is 12.4 Å². The second kappa shape index (κ2) is 4.83. The van der Waals surface area contributed by atoms with Gasteiger partial charge in [-0.25, -0.2) is 13.1 Å². The molecule has 4 nitrogen and oxygen atoms in total. The SMILES string of the molecule is O=S1(=O)CC[C@H](COc2ccc3ccccc3c2)N1. The van der Waals surface area contributed by atoms with E-state index in [1.807, 2.05) is 42.5 Å². The molecule has 1 atom stereocenters. The molecule has 1 aliphatic heterocycles. The van der Waals surface area contributed by atoms with E-state index in [1.165, 1.54) is 0 Å². The Balaban J connectivity index is 1.69. The Hall–Kier alpha value is -1.59. The fourth-order valence-electron chi connectivity index (χ4n) is 2.24. The molecule has 0 radical (unpaired) electrons. The molecule has 0 amide bonds. The van der Waals surface area contributed by atoms with Crippen LogP contribution >= 0.6 is 0 Å². The van der Waals surface area contributed by atoms with Crippen LogP contribution in [0.15, 0.2) is 42.5 Å². The van der Waals surface area contributed by atoms with E-state index in [4.69, 9.17) is 4.74 Å². The summed E-state index contributed by atoms with van der Waals surface area (Å²) in [6, 6.07) is 13.8. The molecule has 1 aliphatic rings. The summed E-state index contributed by atoms with van der Waals surface area (Å²) >= 11 is 0. The first-order valence-electron chi connectivity index (χ1n) is 6.24. The van der Waals surface area contributed by atoms with Crippen LogP contribution in [0.1, 0.15) is 6.42 Å².